The van der Waals surface area contributed by atoms with Crippen molar-refractivity contribution >= 4 is 22.5 Å². The van der Waals surface area contributed by atoms with Crippen molar-refractivity contribution < 1.29 is 14.2 Å². The summed E-state index contributed by atoms with van der Waals surface area (Å²) in [6.07, 6.45) is 1.02. The van der Waals surface area contributed by atoms with Gasteiger partial charge in [0.05, 0.1) is 24.8 Å². The normalized spacial score (nSPS) is 13.8. The van der Waals surface area contributed by atoms with Crippen molar-refractivity contribution in [3.63, 3.8) is 0 Å². The number of likely N-dealkylation sites (N-methyl/N-ethyl adjacent to an activating group) is 1. The van der Waals surface area contributed by atoms with Crippen LogP contribution in [0.3, 0.4) is 0 Å². The van der Waals surface area contributed by atoms with Crippen LogP contribution in [0.2, 0.25) is 5.15 Å². The molecule has 0 saturated heterocycles. The van der Waals surface area contributed by atoms with Crippen LogP contribution in [0.5, 0.6) is 5.88 Å². The predicted octanol–water partition coefficient (Wildman–Crippen LogP) is 3.01. The van der Waals surface area contributed by atoms with Crippen molar-refractivity contribution in [3.05, 3.63) is 59.1 Å². The number of nitrogens with zero attached hydrogens (tertiary/aromatic N) is 2. The average Bonchev–Trinajstić information content (AvgIpc) is 2.99. The molecule has 0 bridgehead atoms. The molecule has 5 nitrogen and oxygen atoms in total. The second-order valence-corrected chi connectivity index (χ2v) is 6.10. The van der Waals surface area contributed by atoms with Gasteiger partial charge in [0.15, 0.2) is 5.15 Å². The molecule has 1 aromatic carbocycles. The van der Waals surface area contributed by atoms with Crippen LogP contribution < -0.4 is 10.1 Å². The molecule has 132 valence electrons. The largest absolute Gasteiger partial charge is 0.481 e. The first-order valence-electron chi connectivity index (χ1n) is 7.84. The molecule has 2 atom stereocenters. The third-order valence-corrected chi connectivity index (χ3v) is 4.37. The molecule has 0 saturated carbocycles. The SMILES string of the molecule is CNCC(O)C(c1cccc(F)c1)n1ccc2cc(OC)nc(Cl)c21. The molecule has 25 heavy (non-hydrogen) atoms. The van der Waals surface area contributed by atoms with Crippen molar-refractivity contribution in [2.24, 2.45) is 0 Å². The van der Waals surface area contributed by atoms with Crippen molar-refractivity contribution in [3.8, 4) is 5.88 Å². The Morgan fingerprint density at radius 1 is 1.36 bits per heavy atom. The van der Waals surface area contributed by atoms with Crippen molar-refractivity contribution in [1.82, 2.24) is 14.9 Å². The lowest BCUT2D eigenvalue weighted by atomic mass is 10.0. The third kappa shape index (κ3) is 3.46. The van der Waals surface area contributed by atoms with Crippen LogP contribution in [0.15, 0.2) is 42.6 Å². The Morgan fingerprint density at radius 3 is 2.84 bits per heavy atom. The molecule has 3 rings (SSSR count). The number of hydrogen-bond acceptors (Lipinski definition) is 4. The molecule has 2 heterocycles. The van der Waals surface area contributed by atoms with Crippen LogP contribution in [-0.2, 0) is 0 Å². The molecule has 0 fully saturated rings. The number of nitrogens with one attached hydrogen (secondary N) is 1. The van der Waals surface area contributed by atoms with Gasteiger partial charge in [-0.15, -0.1) is 0 Å². The summed E-state index contributed by atoms with van der Waals surface area (Å²) in [4.78, 5) is 4.20. The molecule has 2 N–H and O–H groups in total. The van der Waals surface area contributed by atoms with E-state index in [1.54, 1.807) is 25.2 Å². The fourth-order valence-electron chi connectivity index (χ4n) is 3.04. The van der Waals surface area contributed by atoms with Crippen LogP contribution >= 0.6 is 11.6 Å². The molecule has 0 spiro atoms. The predicted molar refractivity (Wildman–Crippen MR) is 95.8 cm³/mol. The number of fused-ring (bicyclic) bond motifs is 1. The van der Waals surface area contributed by atoms with Gasteiger partial charge < -0.3 is 19.7 Å². The summed E-state index contributed by atoms with van der Waals surface area (Å²) in [5, 5.41) is 14.7. The zero-order valence-corrected chi connectivity index (χ0v) is 14.7. The van der Waals surface area contributed by atoms with Gasteiger partial charge in [0, 0.05) is 24.2 Å². The Kier molecular flexibility index (Phi) is 5.22. The van der Waals surface area contributed by atoms with E-state index in [1.807, 2.05) is 16.8 Å². The molecule has 0 radical (unpaired) electrons. The van der Waals surface area contributed by atoms with Crippen LogP contribution in [0, 0.1) is 5.82 Å². The van der Waals surface area contributed by atoms with Gasteiger partial charge in [-0.3, -0.25) is 0 Å². The minimum Gasteiger partial charge on any atom is -0.481 e. The number of ether oxygens (including phenoxy) is 1. The summed E-state index contributed by atoms with van der Waals surface area (Å²) >= 11 is 6.35. The van der Waals surface area contributed by atoms with E-state index in [9.17, 15) is 9.50 Å². The van der Waals surface area contributed by atoms with Crippen LogP contribution in [0.25, 0.3) is 10.9 Å². The van der Waals surface area contributed by atoms with Crippen molar-refractivity contribution in [2.45, 2.75) is 12.1 Å². The Bertz CT molecular complexity index is 884. The first-order valence-corrected chi connectivity index (χ1v) is 8.22. The number of aliphatic hydroxyl groups excluding tert-OH is 1. The fraction of sp³-hybridized carbons (Fsp3) is 0.278. The highest BCUT2D eigenvalue weighted by Gasteiger charge is 2.25. The fourth-order valence-corrected chi connectivity index (χ4v) is 3.33. The zero-order chi connectivity index (χ0) is 18.0. The molecule has 0 aliphatic rings. The maximum absolute atomic E-state index is 13.7. The lowest BCUT2D eigenvalue weighted by molar-refractivity contribution is 0.132. The standard InChI is InChI=1S/C18H19ClFN3O2/c1-21-10-14(24)16(11-4-3-5-13(20)8-11)23-7-6-12-9-15(25-2)22-18(19)17(12)23/h3-9,14,16,21,24H,10H2,1-2H3. The number of rotatable bonds is 6. The minimum atomic E-state index is -0.791. The van der Waals surface area contributed by atoms with Gasteiger partial charge in [0.1, 0.15) is 5.82 Å². The lowest BCUT2D eigenvalue weighted by Crippen LogP contribution is -2.33. The lowest BCUT2D eigenvalue weighted by Gasteiger charge is -2.26. The maximum atomic E-state index is 13.7. The van der Waals surface area contributed by atoms with E-state index in [4.69, 9.17) is 16.3 Å². The molecule has 0 aliphatic carbocycles. The Hall–Kier alpha value is -2.15. The number of benzene rings is 1. The highest BCUT2D eigenvalue weighted by molar-refractivity contribution is 6.34. The number of aromatic nitrogens is 2. The van der Waals surface area contributed by atoms with Gasteiger partial charge in [-0.2, -0.15) is 4.98 Å². The van der Waals surface area contributed by atoms with Crippen molar-refractivity contribution in [1.29, 1.82) is 0 Å². The maximum Gasteiger partial charge on any atom is 0.215 e. The van der Waals surface area contributed by atoms with Crippen LogP contribution in [0.4, 0.5) is 4.39 Å². The quantitative estimate of drug-likeness (QED) is 0.661. The van der Waals surface area contributed by atoms with E-state index < -0.39 is 12.1 Å². The number of pyridine rings is 1. The van der Waals surface area contributed by atoms with Gasteiger partial charge in [0.2, 0.25) is 5.88 Å². The summed E-state index contributed by atoms with van der Waals surface area (Å²) in [6.45, 7) is 0.335. The van der Waals surface area contributed by atoms with E-state index in [2.05, 4.69) is 10.3 Å². The first kappa shape index (κ1) is 17.7. The highest BCUT2D eigenvalue weighted by atomic mass is 35.5. The molecule has 0 amide bonds. The third-order valence-electron chi connectivity index (χ3n) is 4.11. The van der Waals surface area contributed by atoms with Gasteiger partial charge in [-0.1, -0.05) is 23.7 Å². The molecule has 7 heteroatoms. The first-order chi connectivity index (χ1) is 12.0. The van der Waals surface area contributed by atoms with E-state index in [-0.39, 0.29) is 11.0 Å². The number of methoxy groups -OCH3 is 1. The molecular weight excluding hydrogens is 345 g/mol. The zero-order valence-electron chi connectivity index (χ0n) is 13.9. The molecular formula is C18H19ClFN3O2. The summed E-state index contributed by atoms with van der Waals surface area (Å²) in [5.41, 5.74) is 1.30. The van der Waals surface area contributed by atoms with Gasteiger partial charge >= 0.3 is 0 Å². The average molecular weight is 364 g/mol. The topological polar surface area (TPSA) is 59.3 Å². The van der Waals surface area contributed by atoms with Crippen LogP contribution in [0.1, 0.15) is 11.6 Å². The summed E-state index contributed by atoms with van der Waals surface area (Å²) in [7, 11) is 3.27. The molecule has 2 unspecified atom stereocenters. The van der Waals surface area contributed by atoms with Gasteiger partial charge in [0.25, 0.3) is 0 Å². The van der Waals surface area contributed by atoms with Crippen LogP contribution in [-0.4, -0.2) is 41.5 Å². The van der Waals surface area contributed by atoms with Gasteiger partial charge in [-0.05, 0) is 30.8 Å². The van der Waals surface area contributed by atoms with E-state index in [0.717, 1.165) is 5.39 Å². The van der Waals surface area contributed by atoms with E-state index in [1.165, 1.54) is 19.2 Å². The van der Waals surface area contributed by atoms with Crippen molar-refractivity contribution in [2.75, 3.05) is 20.7 Å². The number of aliphatic hydroxyl groups is 1. The monoisotopic (exact) mass is 363 g/mol. The Morgan fingerprint density at radius 2 is 2.16 bits per heavy atom. The van der Waals surface area contributed by atoms with E-state index >= 15 is 0 Å². The second kappa shape index (κ2) is 7.39. The Labute approximate surface area is 150 Å². The summed E-state index contributed by atoms with van der Waals surface area (Å²) in [6, 6.07) is 9.31. The molecule has 2 aromatic heterocycles. The van der Waals surface area contributed by atoms with Gasteiger partial charge in [-0.25, -0.2) is 4.39 Å². The molecule has 3 aromatic rings. The highest BCUT2D eigenvalue weighted by Crippen LogP contribution is 2.33. The van der Waals surface area contributed by atoms with E-state index in [0.29, 0.717) is 23.5 Å². The smallest absolute Gasteiger partial charge is 0.215 e. The summed E-state index contributed by atoms with van der Waals surface area (Å²) < 4.78 is 20.7. The number of halogens is 2. The molecule has 0 aliphatic heterocycles. The minimum absolute atomic E-state index is 0.261. The Balaban J connectivity index is 2.18. The second-order valence-electron chi connectivity index (χ2n) is 5.74. The number of hydrogen-bond donors (Lipinski definition) is 2. The summed E-state index contributed by atoms with van der Waals surface area (Å²) in [5.74, 6) is 0.0508.